The molecule has 1 aliphatic carbocycles. The summed E-state index contributed by atoms with van der Waals surface area (Å²) < 4.78 is 19.7. The summed E-state index contributed by atoms with van der Waals surface area (Å²) in [5.74, 6) is -0.149. The summed E-state index contributed by atoms with van der Waals surface area (Å²) in [6, 6.07) is 4.71. The van der Waals surface area contributed by atoms with Gasteiger partial charge < -0.3 is 30.7 Å². The van der Waals surface area contributed by atoms with Crippen LogP contribution in [0, 0.1) is 24.6 Å². The van der Waals surface area contributed by atoms with E-state index in [1.807, 2.05) is 14.0 Å². The molecule has 0 radical (unpaired) electrons. The van der Waals surface area contributed by atoms with E-state index in [1.165, 1.54) is 45.3 Å². The van der Waals surface area contributed by atoms with E-state index in [2.05, 4.69) is 20.7 Å². The number of urea groups is 1. The van der Waals surface area contributed by atoms with Gasteiger partial charge in [0, 0.05) is 43.7 Å². The number of aliphatic hydroxyl groups is 1. The van der Waals surface area contributed by atoms with Crippen LogP contribution in [-0.2, 0) is 10.3 Å². The second-order valence-corrected chi connectivity index (χ2v) is 11.2. The molecule has 0 spiro atoms. The summed E-state index contributed by atoms with van der Waals surface area (Å²) in [7, 11) is 3.20. The molecule has 3 amide bonds. The Balaban J connectivity index is 1.72. The minimum absolute atomic E-state index is 0.0495. The first-order valence-electron chi connectivity index (χ1n) is 14.3. The zero-order valence-corrected chi connectivity index (χ0v) is 23.4. The number of nitrogens with zero attached hydrogens (tertiary/aromatic N) is 1. The molecule has 0 aromatic heterocycles. The van der Waals surface area contributed by atoms with Gasteiger partial charge in [-0.2, -0.15) is 0 Å². The third-order valence-corrected chi connectivity index (χ3v) is 8.28. The number of aryl methyl sites for hydroxylation is 1. The molecule has 3 unspecified atom stereocenters. The Morgan fingerprint density at radius 3 is 2.68 bits per heavy atom. The maximum absolute atomic E-state index is 15.1. The van der Waals surface area contributed by atoms with Gasteiger partial charge in [0.05, 0.1) is 12.7 Å². The number of rotatable bonds is 11. The zero-order chi connectivity index (χ0) is 27.5. The van der Waals surface area contributed by atoms with Gasteiger partial charge in [0.1, 0.15) is 5.82 Å². The van der Waals surface area contributed by atoms with Crippen molar-refractivity contribution in [3.63, 3.8) is 0 Å². The Morgan fingerprint density at radius 2 is 1.97 bits per heavy atom. The van der Waals surface area contributed by atoms with Crippen molar-refractivity contribution in [1.29, 1.82) is 0 Å². The van der Waals surface area contributed by atoms with Crippen LogP contribution in [-0.4, -0.2) is 68.5 Å². The first kappa shape index (κ1) is 30.2. The van der Waals surface area contributed by atoms with Crippen molar-refractivity contribution in [3.05, 3.63) is 35.1 Å². The van der Waals surface area contributed by atoms with Crippen LogP contribution < -0.4 is 16.0 Å². The van der Waals surface area contributed by atoms with Gasteiger partial charge in [-0.15, -0.1) is 0 Å². The summed E-state index contributed by atoms with van der Waals surface area (Å²) in [6.45, 7) is 3.83. The van der Waals surface area contributed by atoms with Gasteiger partial charge in [-0.05, 0) is 58.1 Å². The standard InChI is InChI=1S/C29H47FN4O4/c1-21-12-13-26(30)25(17-21)29(37,14-8-15-32-28(36)38-3)23-11-7-16-34(20-23)27(35)33-24(19-31-2)18-22-9-5-4-6-10-22/h12-13,17,22-24,31,37H,4-11,14-16,18-20H2,1-3H3,(H,32,36)(H,33,35). The Kier molecular flexibility index (Phi) is 11.6. The minimum Gasteiger partial charge on any atom is -0.453 e. The van der Waals surface area contributed by atoms with E-state index < -0.39 is 17.5 Å². The van der Waals surface area contributed by atoms with Gasteiger partial charge in [0.2, 0.25) is 0 Å². The van der Waals surface area contributed by atoms with Crippen LogP contribution in [0.25, 0.3) is 0 Å². The van der Waals surface area contributed by atoms with Crippen LogP contribution in [0.4, 0.5) is 14.0 Å². The first-order chi connectivity index (χ1) is 18.3. The average Bonchev–Trinajstić information content (AvgIpc) is 2.92. The van der Waals surface area contributed by atoms with Gasteiger partial charge in [-0.25, -0.2) is 14.0 Å². The van der Waals surface area contributed by atoms with E-state index in [-0.39, 0.29) is 30.0 Å². The normalized spacial score (nSPS) is 20.9. The molecule has 4 N–H and O–H groups in total. The molecule has 1 heterocycles. The number of likely N-dealkylation sites (N-methyl/N-ethyl adjacent to an activating group) is 1. The molecule has 38 heavy (non-hydrogen) atoms. The van der Waals surface area contributed by atoms with Crippen LogP contribution in [0.15, 0.2) is 18.2 Å². The summed E-state index contributed by atoms with van der Waals surface area (Å²) in [6.07, 6.45) is 8.81. The van der Waals surface area contributed by atoms with Gasteiger partial charge in [0.15, 0.2) is 0 Å². The zero-order valence-electron chi connectivity index (χ0n) is 23.4. The molecule has 2 aliphatic rings. The van der Waals surface area contributed by atoms with E-state index in [1.54, 1.807) is 17.0 Å². The number of alkyl carbamates (subject to hydrolysis) is 1. The Hall–Kier alpha value is -2.39. The number of benzene rings is 1. The van der Waals surface area contributed by atoms with E-state index in [0.29, 0.717) is 44.9 Å². The number of ether oxygens (including phenoxy) is 1. The van der Waals surface area contributed by atoms with Crippen LogP contribution in [0.3, 0.4) is 0 Å². The number of hydrogen-bond acceptors (Lipinski definition) is 5. The highest BCUT2D eigenvalue weighted by molar-refractivity contribution is 5.74. The Labute approximate surface area is 227 Å². The number of carbonyl (C=O) groups is 2. The molecular formula is C29H47FN4O4. The van der Waals surface area contributed by atoms with Gasteiger partial charge >= 0.3 is 12.1 Å². The monoisotopic (exact) mass is 534 g/mol. The van der Waals surface area contributed by atoms with Crippen LogP contribution in [0.1, 0.15) is 75.3 Å². The lowest BCUT2D eigenvalue weighted by Gasteiger charge is -2.43. The summed E-state index contributed by atoms with van der Waals surface area (Å²) >= 11 is 0. The predicted octanol–water partition coefficient (Wildman–Crippen LogP) is 4.44. The third kappa shape index (κ3) is 8.30. The fourth-order valence-corrected chi connectivity index (χ4v) is 6.23. The number of nitrogens with one attached hydrogen (secondary N) is 3. The molecule has 1 aromatic rings. The van der Waals surface area contributed by atoms with E-state index in [9.17, 15) is 14.7 Å². The maximum Gasteiger partial charge on any atom is 0.406 e. The molecule has 1 saturated carbocycles. The average molecular weight is 535 g/mol. The molecule has 2 fully saturated rings. The van der Waals surface area contributed by atoms with Crippen LogP contribution in [0.2, 0.25) is 0 Å². The Morgan fingerprint density at radius 1 is 1.21 bits per heavy atom. The quantitative estimate of drug-likeness (QED) is 0.315. The van der Waals surface area contributed by atoms with Crippen molar-refractivity contribution < 1.29 is 23.8 Å². The van der Waals surface area contributed by atoms with Gasteiger partial charge in [0.25, 0.3) is 0 Å². The molecule has 8 nitrogen and oxygen atoms in total. The van der Waals surface area contributed by atoms with Crippen molar-refractivity contribution >= 4 is 12.1 Å². The molecule has 1 aromatic carbocycles. The molecule has 1 aliphatic heterocycles. The number of hydrogen-bond donors (Lipinski definition) is 4. The predicted molar refractivity (Wildman–Crippen MR) is 146 cm³/mol. The molecule has 0 bridgehead atoms. The second kappa shape index (κ2) is 14.7. The van der Waals surface area contributed by atoms with Crippen molar-refractivity contribution in [2.45, 2.75) is 82.8 Å². The topological polar surface area (TPSA) is 103 Å². The van der Waals surface area contributed by atoms with Crippen molar-refractivity contribution in [2.75, 3.05) is 40.3 Å². The highest BCUT2D eigenvalue weighted by Gasteiger charge is 2.43. The number of amides is 3. The molecule has 1 saturated heterocycles. The Bertz CT molecular complexity index is 911. The summed E-state index contributed by atoms with van der Waals surface area (Å²) in [4.78, 5) is 26.6. The maximum atomic E-state index is 15.1. The van der Waals surface area contributed by atoms with Gasteiger partial charge in [-0.1, -0.05) is 49.8 Å². The molecule has 214 valence electrons. The highest BCUT2D eigenvalue weighted by Crippen LogP contribution is 2.41. The number of likely N-dealkylation sites (tertiary alicyclic amines) is 1. The SMILES string of the molecule is CNCC(CC1CCCCC1)NC(=O)N1CCCC(C(O)(CCCNC(=O)OC)c2cc(C)ccc2F)C1. The van der Waals surface area contributed by atoms with Crippen molar-refractivity contribution in [3.8, 4) is 0 Å². The van der Waals surface area contributed by atoms with Crippen LogP contribution >= 0.6 is 0 Å². The molecule has 9 heteroatoms. The second-order valence-electron chi connectivity index (χ2n) is 11.2. The van der Waals surface area contributed by atoms with Crippen molar-refractivity contribution in [2.24, 2.45) is 11.8 Å². The van der Waals surface area contributed by atoms with Crippen LogP contribution in [0.5, 0.6) is 0 Å². The number of halogens is 1. The fourth-order valence-electron chi connectivity index (χ4n) is 6.23. The van der Waals surface area contributed by atoms with Crippen molar-refractivity contribution in [1.82, 2.24) is 20.9 Å². The lowest BCUT2D eigenvalue weighted by molar-refractivity contribution is -0.0577. The van der Waals surface area contributed by atoms with E-state index in [0.717, 1.165) is 18.4 Å². The molecular weight excluding hydrogens is 487 g/mol. The fraction of sp³-hybridized carbons (Fsp3) is 0.724. The number of piperidine rings is 1. The summed E-state index contributed by atoms with van der Waals surface area (Å²) in [5.41, 5.74) is -0.358. The van der Waals surface area contributed by atoms with Gasteiger partial charge in [-0.3, -0.25) is 0 Å². The molecule has 3 rings (SSSR count). The summed E-state index contributed by atoms with van der Waals surface area (Å²) in [5, 5.41) is 21.2. The number of methoxy groups -OCH3 is 1. The van der Waals surface area contributed by atoms with E-state index in [4.69, 9.17) is 0 Å². The third-order valence-electron chi connectivity index (χ3n) is 8.28. The lowest BCUT2D eigenvalue weighted by atomic mass is 9.73. The number of carbonyl (C=O) groups excluding carboxylic acids is 2. The first-order valence-corrected chi connectivity index (χ1v) is 14.3. The molecule has 3 atom stereocenters. The minimum atomic E-state index is -1.47. The highest BCUT2D eigenvalue weighted by atomic mass is 19.1. The smallest absolute Gasteiger partial charge is 0.406 e. The van der Waals surface area contributed by atoms with E-state index >= 15 is 4.39 Å². The lowest BCUT2D eigenvalue weighted by Crippen LogP contribution is -2.54. The largest absolute Gasteiger partial charge is 0.453 e.